The van der Waals surface area contributed by atoms with Crippen LogP contribution in [0.1, 0.15) is 15.9 Å². The molecule has 0 saturated carbocycles. The minimum absolute atomic E-state index is 0.171. The van der Waals surface area contributed by atoms with Crippen molar-refractivity contribution < 1.29 is 13.6 Å². The van der Waals surface area contributed by atoms with E-state index in [1.807, 2.05) is 0 Å². The lowest BCUT2D eigenvalue weighted by atomic mass is 10.1. The number of hydrogen-bond acceptors (Lipinski definition) is 1. The highest BCUT2D eigenvalue weighted by Gasteiger charge is 2.13. The zero-order valence-corrected chi connectivity index (χ0v) is 13.5. The molecule has 0 aliphatic carbocycles. The van der Waals surface area contributed by atoms with E-state index in [-0.39, 0.29) is 10.0 Å². The smallest absolute Gasteiger partial charge is 0.256 e. The maximum atomic E-state index is 13.3. The highest BCUT2D eigenvalue weighted by molar-refractivity contribution is 9.10. The van der Waals surface area contributed by atoms with E-state index in [1.54, 1.807) is 6.92 Å². The van der Waals surface area contributed by atoms with E-state index in [9.17, 15) is 13.6 Å². The molecule has 0 atom stereocenters. The lowest BCUT2D eigenvalue weighted by Crippen LogP contribution is -2.14. The predicted octanol–water partition coefficient (Wildman–Crippen LogP) is 5.05. The van der Waals surface area contributed by atoms with Gasteiger partial charge in [-0.3, -0.25) is 4.79 Å². The summed E-state index contributed by atoms with van der Waals surface area (Å²) in [6.07, 6.45) is 0. The van der Waals surface area contributed by atoms with Gasteiger partial charge < -0.3 is 5.32 Å². The molecule has 1 amide bonds. The van der Waals surface area contributed by atoms with Gasteiger partial charge in [-0.2, -0.15) is 0 Å². The second-order valence-corrected chi connectivity index (χ2v) is 5.87. The molecule has 2 nitrogen and oxygen atoms in total. The molecule has 2 aromatic rings. The van der Waals surface area contributed by atoms with Gasteiger partial charge in [0, 0.05) is 10.2 Å². The predicted molar refractivity (Wildman–Crippen MR) is 80.9 cm³/mol. The van der Waals surface area contributed by atoms with E-state index in [2.05, 4.69) is 37.2 Å². The average Bonchev–Trinajstić information content (AvgIpc) is 2.38. The second kappa shape index (κ2) is 6.01. The minimum atomic E-state index is -0.504. The number of carbonyl (C=O) groups is 1. The molecule has 0 radical (unpaired) electrons. The molecule has 0 aliphatic rings. The molecule has 2 rings (SSSR count). The van der Waals surface area contributed by atoms with Crippen molar-refractivity contribution in [2.75, 3.05) is 5.32 Å². The third-order valence-corrected chi connectivity index (χ3v) is 3.99. The highest BCUT2D eigenvalue weighted by atomic mass is 79.9. The fraction of sp³-hybridized carbons (Fsp3) is 0.0714. The Balaban J connectivity index is 2.32. The fourth-order valence-electron chi connectivity index (χ4n) is 1.64. The minimum Gasteiger partial charge on any atom is -0.322 e. The molecule has 0 heterocycles. The van der Waals surface area contributed by atoms with Gasteiger partial charge in [0.15, 0.2) is 0 Å². The van der Waals surface area contributed by atoms with Crippen molar-refractivity contribution in [3.05, 3.63) is 62.0 Å². The van der Waals surface area contributed by atoms with Crippen molar-refractivity contribution in [1.29, 1.82) is 0 Å². The zero-order chi connectivity index (χ0) is 14.9. The molecule has 104 valence electrons. The van der Waals surface area contributed by atoms with E-state index in [1.165, 1.54) is 24.3 Å². The Kier molecular flexibility index (Phi) is 4.55. The Labute approximate surface area is 131 Å². The lowest BCUT2D eigenvalue weighted by molar-refractivity contribution is 0.102. The quantitative estimate of drug-likeness (QED) is 0.745. The van der Waals surface area contributed by atoms with Crippen LogP contribution in [0.2, 0.25) is 0 Å². The first kappa shape index (κ1) is 15.1. The number of benzene rings is 2. The summed E-state index contributed by atoms with van der Waals surface area (Å²) in [5.41, 5.74) is 1.20. The van der Waals surface area contributed by atoms with Gasteiger partial charge >= 0.3 is 0 Å². The monoisotopic (exact) mass is 403 g/mol. The maximum absolute atomic E-state index is 13.3. The first-order chi connectivity index (χ1) is 9.38. The Hall–Kier alpha value is -1.27. The molecule has 0 aliphatic heterocycles. The van der Waals surface area contributed by atoms with Crippen molar-refractivity contribution in [2.24, 2.45) is 0 Å². The average molecular weight is 405 g/mol. The molecule has 2 aromatic carbocycles. The molecular weight excluding hydrogens is 396 g/mol. The Morgan fingerprint density at radius 1 is 1.10 bits per heavy atom. The third-order valence-electron chi connectivity index (χ3n) is 2.69. The van der Waals surface area contributed by atoms with Gasteiger partial charge in [-0.1, -0.05) is 0 Å². The molecule has 6 heteroatoms. The summed E-state index contributed by atoms with van der Waals surface area (Å²) in [5.74, 6) is -1.39. The number of aryl methyl sites for hydroxylation is 1. The summed E-state index contributed by atoms with van der Waals surface area (Å²) in [7, 11) is 0. The van der Waals surface area contributed by atoms with E-state index < -0.39 is 17.5 Å². The Morgan fingerprint density at radius 3 is 2.50 bits per heavy atom. The molecule has 0 fully saturated rings. The molecule has 1 N–H and O–H groups in total. The Bertz CT molecular complexity index is 689. The summed E-state index contributed by atoms with van der Waals surface area (Å²) < 4.78 is 27.2. The molecule has 0 aromatic heterocycles. The normalized spacial score (nSPS) is 10.4. The van der Waals surface area contributed by atoms with Crippen molar-refractivity contribution >= 4 is 43.5 Å². The van der Waals surface area contributed by atoms with Crippen LogP contribution in [0.5, 0.6) is 0 Å². The van der Waals surface area contributed by atoms with Gasteiger partial charge in [-0.15, -0.1) is 0 Å². The zero-order valence-electron chi connectivity index (χ0n) is 10.3. The largest absolute Gasteiger partial charge is 0.322 e. The van der Waals surface area contributed by atoms with Gasteiger partial charge in [0.2, 0.25) is 0 Å². The van der Waals surface area contributed by atoms with Gasteiger partial charge in [0.05, 0.1) is 10.0 Å². The van der Waals surface area contributed by atoms with Crippen LogP contribution in [0.4, 0.5) is 14.5 Å². The highest BCUT2D eigenvalue weighted by Crippen LogP contribution is 2.26. The van der Waals surface area contributed by atoms with Crippen LogP contribution in [-0.4, -0.2) is 5.91 Å². The first-order valence-corrected chi connectivity index (χ1v) is 7.19. The first-order valence-electron chi connectivity index (χ1n) is 5.60. The maximum Gasteiger partial charge on any atom is 0.256 e. The fourth-order valence-corrected chi connectivity index (χ4v) is 2.41. The van der Waals surface area contributed by atoms with E-state index in [0.717, 1.165) is 6.07 Å². The number of hydrogen-bond donors (Lipinski definition) is 1. The second-order valence-electron chi connectivity index (χ2n) is 4.16. The van der Waals surface area contributed by atoms with Crippen LogP contribution in [-0.2, 0) is 0 Å². The summed E-state index contributed by atoms with van der Waals surface area (Å²) in [6.45, 7) is 1.67. The molecular formula is C14H9Br2F2NO. The third kappa shape index (κ3) is 3.24. The van der Waals surface area contributed by atoms with E-state index >= 15 is 0 Å². The standard InChI is InChI=1S/C14H9Br2F2NO/c1-7-4-12(18)11(16)6-13(7)19-14(20)9-5-8(17)2-3-10(9)15/h2-6H,1H3,(H,19,20). The van der Waals surface area contributed by atoms with E-state index in [0.29, 0.717) is 15.7 Å². The van der Waals surface area contributed by atoms with Crippen LogP contribution < -0.4 is 5.32 Å². The van der Waals surface area contributed by atoms with Crippen molar-refractivity contribution in [3.8, 4) is 0 Å². The van der Waals surface area contributed by atoms with Gasteiger partial charge in [-0.25, -0.2) is 8.78 Å². The number of nitrogens with one attached hydrogen (secondary N) is 1. The number of rotatable bonds is 2. The SMILES string of the molecule is Cc1cc(F)c(Br)cc1NC(=O)c1cc(F)ccc1Br. The summed E-state index contributed by atoms with van der Waals surface area (Å²) in [6, 6.07) is 6.61. The van der Waals surface area contributed by atoms with Gasteiger partial charge in [-0.05, 0) is 74.7 Å². The van der Waals surface area contributed by atoms with Crippen molar-refractivity contribution in [1.82, 2.24) is 0 Å². The molecule has 0 bridgehead atoms. The number of anilines is 1. The summed E-state index contributed by atoms with van der Waals surface area (Å²) >= 11 is 6.25. The molecule has 0 unspecified atom stereocenters. The number of amides is 1. The van der Waals surface area contributed by atoms with Crippen LogP contribution in [0.3, 0.4) is 0 Å². The molecule has 0 saturated heterocycles. The van der Waals surface area contributed by atoms with Crippen LogP contribution >= 0.6 is 31.9 Å². The van der Waals surface area contributed by atoms with Crippen molar-refractivity contribution in [2.45, 2.75) is 6.92 Å². The molecule has 0 spiro atoms. The summed E-state index contributed by atoms with van der Waals surface area (Å²) in [4.78, 5) is 12.1. The number of halogens is 4. The van der Waals surface area contributed by atoms with Crippen LogP contribution in [0, 0.1) is 18.6 Å². The van der Waals surface area contributed by atoms with Gasteiger partial charge in [0.1, 0.15) is 11.6 Å². The van der Waals surface area contributed by atoms with Gasteiger partial charge in [0.25, 0.3) is 5.91 Å². The topological polar surface area (TPSA) is 29.1 Å². The van der Waals surface area contributed by atoms with Crippen molar-refractivity contribution in [3.63, 3.8) is 0 Å². The Morgan fingerprint density at radius 2 is 1.80 bits per heavy atom. The number of carbonyl (C=O) groups excluding carboxylic acids is 1. The lowest BCUT2D eigenvalue weighted by Gasteiger charge is -2.10. The summed E-state index contributed by atoms with van der Waals surface area (Å²) in [5, 5.41) is 2.63. The van der Waals surface area contributed by atoms with Crippen LogP contribution in [0.25, 0.3) is 0 Å². The van der Waals surface area contributed by atoms with Crippen LogP contribution in [0.15, 0.2) is 39.3 Å². The molecule has 20 heavy (non-hydrogen) atoms. The van der Waals surface area contributed by atoms with E-state index in [4.69, 9.17) is 0 Å².